The fraction of sp³-hybridized carbons (Fsp3) is 0.478. The highest BCUT2D eigenvalue weighted by molar-refractivity contribution is 5.84. The quantitative estimate of drug-likeness (QED) is 0.835. The molecule has 0 N–H and O–H groups in total. The number of aryl methyl sites for hydroxylation is 3. The molecule has 3 heteroatoms. The van der Waals surface area contributed by atoms with E-state index in [1.165, 1.54) is 47.9 Å². The molecule has 1 fully saturated rings. The van der Waals surface area contributed by atoms with Gasteiger partial charge in [-0.05, 0) is 59.6 Å². The highest BCUT2D eigenvalue weighted by Crippen LogP contribution is 2.34. The van der Waals surface area contributed by atoms with E-state index in [1.807, 2.05) is 26.2 Å². The number of pyridine rings is 1. The molecule has 0 bridgehead atoms. The van der Waals surface area contributed by atoms with Crippen LogP contribution in [-0.2, 0) is 31.1 Å². The van der Waals surface area contributed by atoms with Gasteiger partial charge in [-0.1, -0.05) is 37.8 Å². The molecule has 136 valence electrons. The third-order valence-corrected chi connectivity index (χ3v) is 6.16. The number of ketones is 1. The van der Waals surface area contributed by atoms with Gasteiger partial charge in [-0.3, -0.25) is 9.59 Å². The summed E-state index contributed by atoms with van der Waals surface area (Å²) in [5.41, 5.74) is 7.10. The number of hydrogen-bond donors (Lipinski definition) is 0. The van der Waals surface area contributed by atoms with Gasteiger partial charge < -0.3 is 4.57 Å². The first kappa shape index (κ1) is 17.3. The van der Waals surface area contributed by atoms with Gasteiger partial charge in [0.25, 0.3) is 5.56 Å². The number of Topliss-reactive ketones (excluding diaryl/α,β-unsaturated/α-hetero) is 1. The smallest absolute Gasteiger partial charge is 0.253 e. The van der Waals surface area contributed by atoms with E-state index in [1.54, 1.807) is 4.57 Å². The molecule has 0 atom stereocenters. The third-order valence-electron chi connectivity index (χ3n) is 6.16. The first-order valence-corrected chi connectivity index (χ1v) is 9.85. The van der Waals surface area contributed by atoms with Crippen molar-refractivity contribution in [2.45, 2.75) is 58.3 Å². The van der Waals surface area contributed by atoms with Crippen LogP contribution in [0.2, 0.25) is 0 Å². The molecule has 1 aromatic heterocycles. The number of carbonyl (C=O) groups is 1. The first-order valence-electron chi connectivity index (χ1n) is 9.85. The van der Waals surface area contributed by atoms with E-state index in [9.17, 15) is 9.59 Å². The molecule has 0 radical (unpaired) electrons. The summed E-state index contributed by atoms with van der Waals surface area (Å²) in [5, 5.41) is 0. The lowest BCUT2D eigenvalue weighted by molar-refractivity contribution is -0.118. The fourth-order valence-electron chi connectivity index (χ4n) is 4.72. The number of rotatable bonds is 3. The molecular formula is C23H27NO2. The number of carbonyl (C=O) groups excluding carboxylic acids is 1. The van der Waals surface area contributed by atoms with Crippen molar-refractivity contribution in [2.75, 3.05) is 0 Å². The van der Waals surface area contributed by atoms with Crippen LogP contribution in [0.15, 0.2) is 29.2 Å². The summed E-state index contributed by atoms with van der Waals surface area (Å²) in [5.74, 6) is 1.13. The Morgan fingerprint density at radius 3 is 2.54 bits per heavy atom. The van der Waals surface area contributed by atoms with Crippen molar-refractivity contribution in [3.05, 3.63) is 57.0 Å². The fourth-order valence-corrected chi connectivity index (χ4v) is 4.72. The van der Waals surface area contributed by atoms with Crippen LogP contribution in [0.4, 0.5) is 0 Å². The maximum Gasteiger partial charge on any atom is 0.253 e. The number of hydrogen-bond acceptors (Lipinski definition) is 2. The van der Waals surface area contributed by atoms with E-state index in [4.69, 9.17) is 0 Å². The number of benzene rings is 1. The van der Waals surface area contributed by atoms with Gasteiger partial charge in [-0.25, -0.2) is 0 Å². The minimum Gasteiger partial charge on any atom is -0.318 e. The summed E-state index contributed by atoms with van der Waals surface area (Å²) in [7, 11) is 1.81. The van der Waals surface area contributed by atoms with Crippen molar-refractivity contribution in [2.24, 2.45) is 13.0 Å². The van der Waals surface area contributed by atoms with Crippen LogP contribution in [0.3, 0.4) is 0 Å². The monoisotopic (exact) mass is 349 g/mol. The van der Waals surface area contributed by atoms with Crippen LogP contribution in [0.5, 0.6) is 0 Å². The van der Waals surface area contributed by atoms with Crippen LogP contribution in [-0.4, -0.2) is 10.4 Å². The Kier molecular flexibility index (Phi) is 4.56. The van der Waals surface area contributed by atoms with Gasteiger partial charge in [0.05, 0.1) is 0 Å². The van der Waals surface area contributed by atoms with Gasteiger partial charge in [0.2, 0.25) is 0 Å². The minimum atomic E-state index is 0.0588. The Labute approximate surface area is 155 Å². The van der Waals surface area contributed by atoms with Gasteiger partial charge in [0, 0.05) is 31.6 Å². The van der Waals surface area contributed by atoms with Gasteiger partial charge in [-0.2, -0.15) is 0 Å². The molecule has 0 amide bonds. The van der Waals surface area contributed by atoms with Crippen molar-refractivity contribution in [1.29, 1.82) is 0 Å². The molecule has 4 rings (SSSR count). The zero-order valence-corrected chi connectivity index (χ0v) is 15.8. The first-order chi connectivity index (χ1) is 12.5. The Morgan fingerprint density at radius 2 is 1.81 bits per heavy atom. The van der Waals surface area contributed by atoms with E-state index in [-0.39, 0.29) is 5.56 Å². The minimum absolute atomic E-state index is 0.0588. The van der Waals surface area contributed by atoms with Crippen LogP contribution in [0.1, 0.15) is 54.4 Å². The summed E-state index contributed by atoms with van der Waals surface area (Å²) >= 11 is 0. The standard InChI is InChI=1S/C23H27NO2/c1-15-9-20(14-24(2)23(15)26)18-11-17-7-8-21(25)13-22(17)19(12-18)10-16-5-3-4-6-16/h9,11-12,14,16H,3-8,10,13H2,1-2H3. The van der Waals surface area contributed by atoms with Gasteiger partial charge >= 0.3 is 0 Å². The summed E-state index contributed by atoms with van der Waals surface area (Å²) in [4.78, 5) is 24.1. The predicted octanol–water partition coefficient (Wildman–Crippen LogP) is 4.15. The number of fused-ring (bicyclic) bond motifs is 1. The summed E-state index contributed by atoms with van der Waals surface area (Å²) in [6.45, 7) is 1.88. The predicted molar refractivity (Wildman–Crippen MR) is 105 cm³/mol. The Morgan fingerprint density at radius 1 is 1.04 bits per heavy atom. The van der Waals surface area contributed by atoms with E-state index in [0.717, 1.165) is 29.9 Å². The van der Waals surface area contributed by atoms with E-state index < -0.39 is 0 Å². The highest BCUT2D eigenvalue weighted by Gasteiger charge is 2.23. The lowest BCUT2D eigenvalue weighted by Gasteiger charge is -2.22. The van der Waals surface area contributed by atoms with Crippen molar-refractivity contribution in [1.82, 2.24) is 4.57 Å². The molecule has 0 saturated heterocycles. The molecule has 26 heavy (non-hydrogen) atoms. The molecular weight excluding hydrogens is 322 g/mol. The van der Waals surface area contributed by atoms with Crippen molar-refractivity contribution in [3.63, 3.8) is 0 Å². The average molecular weight is 349 g/mol. The maximum atomic E-state index is 12.1. The van der Waals surface area contributed by atoms with Crippen molar-refractivity contribution in [3.8, 4) is 11.1 Å². The number of aromatic nitrogens is 1. The topological polar surface area (TPSA) is 39.1 Å². The van der Waals surface area contributed by atoms with E-state index in [0.29, 0.717) is 18.6 Å². The molecule has 2 aromatic rings. The second kappa shape index (κ2) is 6.86. The van der Waals surface area contributed by atoms with Crippen LogP contribution < -0.4 is 5.56 Å². The van der Waals surface area contributed by atoms with Gasteiger partial charge in [-0.15, -0.1) is 0 Å². The van der Waals surface area contributed by atoms with Crippen molar-refractivity contribution >= 4 is 5.78 Å². The summed E-state index contributed by atoms with van der Waals surface area (Å²) in [6.07, 6.45) is 10.4. The van der Waals surface area contributed by atoms with Gasteiger partial charge in [0.1, 0.15) is 5.78 Å². The zero-order valence-electron chi connectivity index (χ0n) is 15.8. The van der Waals surface area contributed by atoms with Crippen LogP contribution in [0.25, 0.3) is 11.1 Å². The van der Waals surface area contributed by atoms with Crippen LogP contribution in [0, 0.1) is 12.8 Å². The number of nitrogens with zero attached hydrogens (tertiary/aromatic N) is 1. The molecule has 0 unspecified atom stereocenters. The molecule has 1 heterocycles. The normalized spacial score (nSPS) is 17.5. The third kappa shape index (κ3) is 3.27. The lowest BCUT2D eigenvalue weighted by Crippen LogP contribution is -2.19. The summed E-state index contributed by atoms with van der Waals surface area (Å²) in [6, 6.07) is 6.53. The Balaban J connectivity index is 1.80. The van der Waals surface area contributed by atoms with Crippen LogP contribution >= 0.6 is 0 Å². The van der Waals surface area contributed by atoms with E-state index >= 15 is 0 Å². The summed E-state index contributed by atoms with van der Waals surface area (Å²) < 4.78 is 1.67. The molecule has 0 aliphatic heterocycles. The van der Waals surface area contributed by atoms with E-state index in [2.05, 4.69) is 12.1 Å². The molecule has 1 aromatic carbocycles. The molecule has 2 aliphatic carbocycles. The molecule has 2 aliphatic rings. The van der Waals surface area contributed by atoms with Gasteiger partial charge in [0.15, 0.2) is 0 Å². The molecule has 3 nitrogen and oxygen atoms in total. The SMILES string of the molecule is Cc1cc(-c2cc3c(c(CC4CCCC4)c2)CC(=O)CC3)cn(C)c1=O. The second-order valence-corrected chi connectivity index (χ2v) is 8.17. The average Bonchev–Trinajstić information content (AvgIpc) is 3.12. The van der Waals surface area contributed by atoms with Crippen molar-refractivity contribution < 1.29 is 4.79 Å². The second-order valence-electron chi connectivity index (χ2n) is 8.17. The highest BCUT2D eigenvalue weighted by atomic mass is 16.1. The molecule has 0 spiro atoms. The lowest BCUT2D eigenvalue weighted by atomic mass is 9.82. The Hall–Kier alpha value is -2.16. The Bertz CT molecular complexity index is 890. The largest absolute Gasteiger partial charge is 0.318 e. The molecule has 1 saturated carbocycles. The zero-order chi connectivity index (χ0) is 18.3. The maximum absolute atomic E-state index is 12.1.